The molecule has 2 aromatic carbocycles. The van der Waals surface area contributed by atoms with E-state index in [1.165, 1.54) is 0 Å². The third kappa shape index (κ3) is 6.49. The number of fused-ring (bicyclic) bond motifs is 1. The van der Waals surface area contributed by atoms with E-state index in [9.17, 15) is 9.59 Å². The van der Waals surface area contributed by atoms with Gasteiger partial charge < -0.3 is 14.4 Å². The topological polar surface area (TPSA) is 74.7 Å². The van der Waals surface area contributed by atoms with Crippen molar-refractivity contribution in [3.8, 4) is 11.5 Å². The van der Waals surface area contributed by atoms with Crippen molar-refractivity contribution in [3.05, 3.63) is 60.7 Å². The molecule has 0 bridgehead atoms. The molecule has 214 valence electrons. The predicted molar refractivity (Wildman–Crippen MR) is 160 cm³/mol. The van der Waals surface area contributed by atoms with E-state index in [0.717, 1.165) is 36.9 Å². The monoisotopic (exact) mass is 546 g/mol. The highest BCUT2D eigenvalue weighted by molar-refractivity contribution is 5.99. The lowest BCUT2D eigenvalue weighted by Gasteiger charge is -2.39. The highest BCUT2D eigenvalue weighted by atomic mass is 16.6. The maximum Gasteiger partial charge on any atom is 0.412 e. The van der Waals surface area contributed by atoms with E-state index in [1.54, 1.807) is 22.2 Å². The van der Waals surface area contributed by atoms with Crippen LogP contribution in [-0.2, 0) is 16.0 Å². The summed E-state index contributed by atoms with van der Waals surface area (Å²) in [5, 5.41) is 6.47. The number of anilines is 2. The van der Waals surface area contributed by atoms with Gasteiger partial charge in [-0.3, -0.25) is 9.69 Å². The minimum Gasteiger partial charge on any atom is -0.455 e. The third-order valence-electron chi connectivity index (χ3n) is 7.10. The van der Waals surface area contributed by atoms with E-state index in [-0.39, 0.29) is 24.4 Å². The summed E-state index contributed by atoms with van der Waals surface area (Å²) in [6.07, 6.45) is 5.84. The molecule has 0 saturated heterocycles. The molecule has 2 amide bonds. The molecule has 1 heterocycles. The summed E-state index contributed by atoms with van der Waals surface area (Å²) in [4.78, 5) is 30.2. The average Bonchev–Trinajstić information content (AvgIpc) is 3.75. The fraction of sp³-hybridized carbons (Fsp3) is 0.469. The molecular weight excluding hydrogens is 504 g/mol. The zero-order chi connectivity index (χ0) is 29.0. The Morgan fingerprint density at radius 1 is 1.15 bits per heavy atom. The Morgan fingerprint density at radius 3 is 2.45 bits per heavy atom. The molecule has 0 radical (unpaired) electrons. The molecule has 40 heavy (non-hydrogen) atoms. The van der Waals surface area contributed by atoms with Gasteiger partial charge in [0.25, 0.3) is 0 Å². The van der Waals surface area contributed by atoms with E-state index in [2.05, 4.69) is 13.5 Å². The summed E-state index contributed by atoms with van der Waals surface area (Å²) in [7, 11) is 0. The van der Waals surface area contributed by atoms with Gasteiger partial charge in [0, 0.05) is 30.3 Å². The van der Waals surface area contributed by atoms with Crippen LogP contribution in [0.2, 0.25) is 0 Å². The molecular formula is C32H42N4O4. The van der Waals surface area contributed by atoms with Crippen molar-refractivity contribution >= 4 is 29.6 Å². The first-order chi connectivity index (χ1) is 19.1. The molecule has 8 nitrogen and oxygen atoms in total. The first-order valence-corrected chi connectivity index (χ1v) is 14.2. The first kappa shape index (κ1) is 29.2. The Morgan fingerprint density at radius 2 is 1.85 bits per heavy atom. The molecule has 0 aromatic heterocycles. The summed E-state index contributed by atoms with van der Waals surface area (Å²) in [6, 6.07) is 13.6. The van der Waals surface area contributed by atoms with E-state index >= 15 is 0 Å². The molecule has 1 saturated carbocycles. The van der Waals surface area contributed by atoms with Crippen LogP contribution in [0.4, 0.5) is 16.2 Å². The highest BCUT2D eigenvalue weighted by Gasteiger charge is 2.40. The van der Waals surface area contributed by atoms with Gasteiger partial charge in [0.05, 0.1) is 5.69 Å². The third-order valence-corrected chi connectivity index (χ3v) is 7.10. The minimum absolute atomic E-state index is 0.106. The van der Waals surface area contributed by atoms with Gasteiger partial charge in [-0.2, -0.15) is 5.10 Å². The number of rotatable bonds is 9. The second-order valence-corrected chi connectivity index (χ2v) is 11.5. The molecule has 0 spiro atoms. The Hall–Kier alpha value is -3.81. The normalized spacial score (nSPS) is 17.6. The van der Waals surface area contributed by atoms with Crippen molar-refractivity contribution in [1.29, 1.82) is 0 Å². The number of benzene rings is 2. The summed E-state index contributed by atoms with van der Waals surface area (Å²) >= 11 is 0. The quantitative estimate of drug-likeness (QED) is 0.145. The van der Waals surface area contributed by atoms with E-state index in [1.807, 2.05) is 82.0 Å². The van der Waals surface area contributed by atoms with E-state index < -0.39 is 17.9 Å². The van der Waals surface area contributed by atoms with Crippen molar-refractivity contribution in [2.75, 3.05) is 16.5 Å². The van der Waals surface area contributed by atoms with E-state index in [4.69, 9.17) is 14.6 Å². The Labute approximate surface area is 238 Å². The lowest BCUT2D eigenvalue weighted by Crippen LogP contribution is -2.49. The molecule has 1 fully saturated rings. The standard InChI is InChI=1S/C32H42N4O4/c1-8-21-34(31(38)40-32(5,6)7)23(4)36(33-9-2)28-20-19-27-26(29(28)39-25-13-11-10-12-14-25)18-15-22(3)35(27)30(37)24-16-17-24/h8-14,19-20,22-24H,1,15-18,21H2,2-7H3/b33-9-/t22-,23?/m0/s1. The Bertz CT molecular complexity index is 1250. The Kier molecular flexibility index (Phi) is 8.86. The maximum absolute atomic E-state index is 13.4. The molecule has 1 unspecified atom stereocenters. The van der Waals surface area contributed by atoms with Crippen LogP contribution in [0.3, 0.4) is 0 Å². The van der Waals surface area contributed by atoms with Crippen LogP contribution in [0.25, 0.3) is 0 Å². The van der Waals surface area contributed by atoms with Crippen molar-refractivity contribution in [2.45, 2.75) is 85.0 Å². The minimum atomic E-state index is -0.656. The summed E-state index contributed by atoms with van der Waals surface area (Å²) in [5.41, 5.74) is 1.88. The number of amides is 2. The SMILES string of the molecule is C=CCN(C(=O)OC(C)(C)C)C(C)N(/N=C\C)c1ccc2c(c1Oc1ccccc1)CC[C@H](C)N2C(=O)C1CC1. The first-order valence-electron chi connectivity index (χ1n) is 14.2. The van der Waals surface area contributed by atoms with Gasteiger partial charge in [-0.15, -0.1) is 6.58 Å². The van der Waals surface area contributed by atoms with E-state index in [0.29, 0.717) is 17.2 Å². The number of carbonyl (C=O) groups excluding carboxylic acids is 2. The van der Waals surface area contributed by atoms with Crippen LogP contribution in [-0.4, -0.2) is 47.5 Å². The summed E-state index contributed by atoms with van der Waals surface area (Å²) in [5.74, 6) is 1.60. The Balaban J connectivity index is 1.83. The molecule has 1 aliphatic carbocycles. The number of hydrazone groups is 1. The molecule has 2 aromatic rings. The summed E-state index contributed by atoms with van der Waals surface area (Å²) < 4.78 is 12.3. The maximum atomic E-state index is 13.4. The van der Waals surface area contributed by atoms with Crippen molar-refractivity contribution in [2.24, 2.45) is 11.0 Å². The number of hydrogen-bond donors (Lipinski definition) is 0. The number of ether oxygens (including phenoxy) is 2. The van der Waals surface area contributed by atoms with Crippen LogP contribution in [0.5, 0.6) is 11.5 Å². The van der Waals surface area contributed by atoms with Crippen LogP contribution >= 0.6 is 0 Å². The predicted octanol–water partition coefficient (Wildman–Crippen LogP) is 7.14. The highest BCUT2D eigenvalue weighted by Crippen LogP contribution is 2.47. The van der Waals surface area contributed by atoms with Crippen LogP contribution in [0.1, 0.15) is 66.4 Å². The zero-order valence-electron chi connectivity index (χ0n) is 24.6. The lowest BCUT2D eigenvalue weighted by atomic mass is 9.94. The number of hydrogen-bond acceptors (Lipinski definition) is 6. The second-order valence-electron chi connectivity index (χ2n) is 11.5. The molecule has 2 aliphatic rings. The smallest absolute Gasteiger partial charge is 0.412 e. The largest absolute Gasteiger partial charge is 0.455 e. The average molecular weight is 547 g/mol. The van der Waals surface area contributed by atoms with Crippen molar-refractivity contribution < 1.29 is 19.1 Å². The molecule has 4 rings (SSSR count). The van der Waals surface area contributed by atoms with Crippen LogP contribution in [0.15, 0.2) is 60.2 Å². The van der Waals surface area contributed by atoms with Gasteiger partial charge in [-0.25, -0.2) is 9.80 Å². The van der Waals surface area contributed by atoms with Gasteiger partial charge in [0.1, 0.15) is 23.2 Å². The van der Waals surface area contributed by atoms with Crippen LogP contribution in [0, 0.1) is 5.92 Å². The van der Waals surface area contributed by atoms with Gasteiger partial charge in [-0.1, -0.05) is 24.3 Å². The zero-order valence-corrected chi connectivity index (χ0v) is 24.6. The fourth-order valence-corrected chi connectivity index (χ4v) is 5.01. The number of carbonyl (C=O) groups is 2. The fourth-order valence-electron chi connectivity index (χ4n) is 5.01. The second kappa shape index (κ2) is 12.1. The van der Waals surface area contributed by atoms with Crippen LogP contribution < -0.4 is 14.6 Å². The molecule has 1 aliphatic heterocycles. The van der Waals surface area contributed by atoms with Gasteiger partial charge >= 0.3 is 6.09 Å². The molecule has 0 N–H and O–H groups in total. The number of para-hydroxylation sites is 1. The van der Waals surface area contributed by atoms with Crippen molar-refractivity contribution in [1.82, 2.24) is 4.90 Å². The summed E-state index contributed by atoms with van der Waals surface area (Å²) in [6.45, 7) is 15.5. The van der Waals surface area contributed by atoms with Gasteiger partial charge in [0.15, 0.2) is 5.75 Å². The molecule has 2 atom stereocenters. The lowest BCUT2D eigenvalue weighted by molar-refractivity contribution is -0.120. The number of nitrogens with zero attached hydrogens (tertiary/aromatic N) is 4. The van der Waals surface area contributed by atoms with Crippen molar-refractivity contribution in [3.63, 3.8) is 0 Å². The van der Waals surface area contributed by atoms with Gasteiger partial charge in [0.2, 0.25) is 5.91 Å². The van der Waals surface area contributed by atoms with Gasteiger partial charge in [-0.05, 0) is 91.5 Å². The molecule has 8 heteroatoms.